The van der Waals surface area contributed by atoms with E-state index in [-0.39, 0.29) is 12.3 Å². The van der Waals surface area contributed by atoms with Crippen LogP contribution in [0.2, 0.25) is 0 Å². The van der Waals surface area contributed by atoms with Crippen LogP contribution in [0, 0.1) is 0 Å². The van der Waals surface area contributed by atoms with Crippen molar-refractivity contribution in [1.29, 1.82) is 0 Å². The molecule has 2 rings (SSSR count). The molecule has 0 aromatic heterocycles. The highest BCUT2D eigenvalue weighted by molar-refractivity contribution is 9.10. The molecule has 0 aliphatic heterocycles. The molecule has 0 radical (unpaired) electrons. The van der Waals surface area contributed by atoms with Gasteiger partial charge in [0.25, 0.3) is 0 Å². The fraction of sp³-hybridized carbons (Fsp3) is 0.176. The largest absolute Gasteiger partial charge is 0.493 e. The molecule has 5 nitrogen and oxygen atoms in total. The van der Waals surface area contributed by atoms with E-state index in [4.69, 9.17) is 9.47 Å². The van der Waals surface area contributed by atoms with Crippen molar-refractivity contribution in [1.82, 2.24) is 5.43 Å². The molecule has 1 N–H and O–H groups in total. The van der Waals surface area contributed by atoms with Gasteiger partial charge in [-0.1, -0.05) is 40.2 Å². The second kappa shape index (κ2) is 8.33. The van der Waals surface area contributed by atoms with Crippen LogP contribution in [0.3, 0.4) is 0 Å². The fourth-order valence-corrected chi connectivity index (χ4v) is 2.36. The van der Waals surface area contributed by atoms with Gasteiger partial charge in [-0.05, 0) is 23.8 Å². The topological polar surface area (TPSA) is 59.9 Å². The number of carbonyl (C=O) groups is 1. The average Bonchev–Trinajstić information content (AvgIpc) is 2.56. The number of amides is 1. The number of nitrogens with one attached hydrogen (secondary N) is 1. The minimum atomic E-state index is -0.208. The van der Waals surface area contributed by atoms with Gasteiger partial charge >= 0.3 is 0 Å². The van der Waals surface area contributed by atoms with Gasteiger partial charge in [0.15, 0.2) is 11.5 Å². The number of hydrogen-bond acceptors (Lipinski definition) is 4. The minimum Gasteiger partial charge on any atom is -0.493 e. The predicted molar refractivity (Wildman–Crippen MR) is 93.1 cm³/mol. The Morgan fingerprint density at radius 2 is 1.91 bits per heavy atom. The second-order valence-corrected chi connectivity index (χ2v) is 5.54. The van der Waals surface area contributed by atoms with Gasteiger partial charge in [0.1, 0.15) is 0 Å². The van der Waals surface area contributed by atoms with Crippen LogP contribution in [-0.2, 0) is 11.2 Å². The number of methoxy groups -OCH3 is 2. The Kier molecular flexibility index (Phi) is 6.17. The van der Waals surface area contributed by atoms with Crippen LogP contribution in [0.5, 0.6) is 11.5 Å². The van der Waals surface area contributed by atoms with E-state index in [1.165, 1.54) is 0 Å². The van der Waals surface area contributed by atoms with Crippen molar-refractivity contribution in [2.75, 3.05) is 14.2 Å². The van der Waals surface area contributed by atoms with E-state index in [1.54, 1.807) is 32.6 Å². The first kappa shape index (κ1) is 17.0. The molecular formula is C17H17BrN2O3. The molecule has 23 heavy (non-hydrogen) atoms. The summed E-state index contributed by atoms with van der Waals surface area (Å²) in [4.78, 5) is 11.9. The van der Waals surface area contributed by atoms with Crippen molar-refractivity contribution < 1.29 is 14.3 Å². The Balaban J connectivity index is 1.96. The number of ether oxygens (including phenoxy) is 2. The van der Waals surface area contributed by atoms with E-state index >= 15 is 0 Å². The van der Waals surface area contributed by atoms with Gasteiger partial charge in [-0.2, -0.15) is 5.10 Å². The molecule has 2 aromatic carbocycles. The Morgan fingerprint density at radius 3 is 2.61 bits per heavy atom. The lowest BCUT2D eigenvalue weighted by Crippen LogP contribution is -2.19. The monoisotopic (exact) mass is 376 g/mol. The Labute approximate surface area is 143 Å². The van der Waals surface area contributed by atoms with E-state index < -0.39 is 0 Å². The molecule has 0 aliphatic carbocycles. The molecule has 120 valence electrons. The number of carbonyl (C=O) groups excluding carboxylic acids is 1. The molecule has 6 heteroatoms. The highest BCUT2D eigenvalue weighted by Gasteiger charge is 2.07. The standard InChI is InChI=1S/C17H17BrN2O3/c1-22-15-8-7-12(9-16(15)23-2)10-17(21)20-19-11-13-5-3-4-6-14(13)18/h3-9,11H,10H2,1-2H3,(H,20,21)/b19-11-. The van der Waals surface area contributed by atoms with E-state index in [0.717, 1.165) is 15.6 Å². The highest BCUT2D eigenvalue weighted by atomic mass is 79.9. The quantitative estimate of drug-likeness (QED) is 0.622. The summed E-state index contributed by atoms with van der Waals surface area (Å²) >= 11 is 3.42. The molecule has 0 aliphatic rings. The van der Waals surface area contributed by atoms with Crippen LogP contribution in [0.4, 0.5) is 0 Å². The Morgan fingerprint density at radius 1 is 1.17 bits per heavy atom. The van der Waals surface area contributed by atoms with E-state index in [1.807, 2.05) is 30.3 Å². The number of hydrogen-bond donors (Lipinski definition) is 1. The second-order valence-electron chi connectivity index (χ2n) is 4.68. The Bertz CT molecular complexity index is 717. The molecule has 0 spiro atoms. The van der Waals surface area contributed by atoms with Gasteiger partial charge in [0, 0.05) is 10.0 Å². The number of hydrazone groups is 1. The third-order valence-corrected chi connectivity index (χ3v) is 3.83. The lowest BCUT2D eigenvalue weighted by atomic mass is 10.1. The van der Waals surface area contributed by atoms with Gasteiger partial charge in [0.2, 0.25) is 5.91 Å². The minimum absolute atomic E-state index is 0.202. The SMILES string of the molecule is COc1ccc(CC(=O)N/N=C\c2ccccc2Br)cc1OC. The summed E-state index contributed by atoms with van der Waals surface area (Å²) in [6.45, 7) is 0. The first-order valence-corrected chi connectivity index (χ1v) is 7.70. The van der Waals surface area contributed by atoms with E-state index in [9.17, 15) is 4.79 Å². The third-order valence-electron chi connectivity index (χ3n) is 3.11. The average molecular weight is 377 g/mol. The zero-order valence-electron chi connectivity index (χ0n) is 12.9. The van der Waals surface area contributed by atoms with Gasteiger partial charge in [0.05, 0.1) is 26.9 Å². The molecular weight excluding hydrogens is 360 g/mol. The summed E-state index contributed by atoms with van der Waals surface area (Å²) in [6.07, 6.45) is 1.80. The van der Waals surface area contributed by atoms with Gasteiger partial charge in [-0.15, -0.1) is 0 Å². The van der Waals surface area contributed by atoms with Crippen LogP contribution in [-0.4, -0.2) is 26.3 Å². The van der Waals surface area contributed by atoms with Crippen molar-refractivity contribution in [3.63, 3.8) is 0 Å². The molecule has 0 unspecified atom stereocenters. The van der Waals surface area contributed by atoms with Crippen LogP contribution in [0.1, 0.15) is 11.1 Å². The van der Waals surface area contributed by atoms with Gasteiger partial charge < -0.3 is 9.47 Å². The molecule has 0 saturated heterocycles. The summed E-state index contributed by atoms with van der Waals surface area (Å²) in [5, 5.41) is 3.96. The molecule has 0 atom stereocenters. The normalized spacial score (nSPS) is 10.6. The zero-order chi connectivity index (χ0) is 16.7. The highest BCUT2D eigenvalue weighted by Crippen LogP contribution is 2.27. The summed E-state index contributed by atoms with van der Waals surface area (Å²) in [5.74, 6) is 1.01. The summed E-state index contributed by atoms with van der Waals surface area (Å²) in [5.41, 5.74) is 4.21. The van der Waals surface area contributed by atoms with Gasteiger partial charge in [-0.3, -0.25) is 4.79 Å². The van der Waals surface area contributed by atoms with E-state index in [2.05, 4.69) is 26.5 Å². The van der Waals surface area contributed by atoms with Crippen molar-refractivity contribution in [2.45, 2.75) is 6.42 Å². The van der Waals surface area contributed by atoms with Crippen molar-refractivity contribution in [2.24, 2.45) is 5.10 Å². The number of benzene rings is 2. The number of nitrogens with zero attached hydrogens (tertiary/aromatic N) is 1. The predicted octanol–water partition coefficient (Wildman–Crippen LogP) is 3.16. The molecule has 0 bridgehead atoms. The van der Waals surface area contributed by atoms with E-state index in [0.29, 0.717) is 11.5 Å². The molecule has 1 amide bonds. The maximum Gasteiger partial charge on any atom is 0.244 e. The maximum atomic E-state index is 11.9. The van der Waals surface area contributed by atoms with Crippen LogP contribution < -0.4 is 14.9 Å². The number of rotatable bonds is 6. The summed E-state index contributed by atoms with van der Waals surface area (Å²) < 4.78 is 11.3. The van der Waals surface area contributed by atoms with Crippen LogP contribution in [0.15, 0.2) is 52.0 Å². The van der Waals surface area contributed by atoms with Crippen molar-refractivity contribution in [3.05, 3.63) is 58.1 Å². The molecule has 2 aromatic rings. The lowest BCUT2D eigenvalue weighted by molar-refractivity contribution is -0.120. The van der Waals surface area contributed by atoms with Gasteiger partial charge in [-0.25, -0.2) is 5.43 Å². The third kappa shape index (κ3) is 4.82. The molecule has 0 fully saturated rings. The first-order valence-electron chi connectivity index (χ1n) is 6.91. The Hall–Kier alpha value is -2.34. The van der Waals surface area contributed by atoms with Crippen LogP contribution >= 0.6 is 15.9 Å². The lowest BCUT2D eigenvalue weighted by Gasteiger charge is -2.09. The van der Waals surface area contributed by atoms with Crippen molar-refractivity contribution in [3.8, 4) is 11.5 Å². The van der Waals surface area contributed by atoms with Crippen LogP contribution in [0.25, 0.3) is 0 Å². The molecule has 0 heterocycles. The molecule has 0 saturated carbocycles. The number of halogens is 1. The fourth-order valence-electron chi connectivity index (χ4n) is 1.97. The first-order chi connectivity index (χ1) is 11.1. The maximum absolute atomic E-state index is 11.9. The smallest absolute Gasteiger partial charge is 0.244 e. The summed E-state index contributed by atoms with van der Waals surface area (Å²) in [7, 11) is 3.13. The summed E-state index contributed by atoms with van der Waals surface area (Å²) in [6, 6.07) is 13.0. The zero-order valence-corrected chi connectivity index (χ0v) is 14.5. The van der Waals surface area contributed by atoms with Crippen molar-refractivity contribution >= 4 is 28.1 Å².